The first-order valence-corrected chi connectivity index (χ1v) is 15.0. The maximum atomic E-state index is 2.33. The first kappa shape index (κ1) is 27.0. The summed E-state index contributed by atoms with van der Waals surface area (Å²) in [6.45, 7) is 0. The molecule has 44 heavy (non-hydrogen) atoms. The third-order valence-electron chi connectivity index (χ3n) is 7.82. The van der Waals surface area contributed by atoms with Crippen molar-refractivity contribution in [1.82, 2.24) is 0 Å². The zero-order valence-electron chi connectivity index (χ0n) is 24.4. The van der Waals surface area contributed by atoms with Gasteiger partial charge in [0.1, 0.15) is 0 Å². The minimum Gasteiger partial charge on any atom is -0.310 e. The molecule has 7 aromatic carbocycles. The number of anilines is 6. The second-order valence-electron chi connectivity index (χ2n) is 10.7. The van der Waals surface area contributed by atoms with Gasteiger partial charge in [0.25, 0.3) is 0 Å². The lowest BCUT2D eigenvalue weighted by Gasteiger charge is -2.27. The van der Waals surface area contributed by atoms with Crippen molar-refractivity contribution >= 4 is 34.1 Å². The van der Waals surface area contributed by atoms with E-state index in [9.17, 15) is 0 Å². The lowest BCUT2D eigenvalue weighted by molar-refractivity contribution is 1.28. The first-order chi connectivity index (χ1) is 21.8. The second-order valence-corrected chi connectivity index (χ2v) is 10.7. The van der Waals surface area contributed by atoms with E-state index in [-0.39, 0.29) is 0 Å². The molecule has 0 atom stereocenters. The van der Waals surface area contributed by atoms with Crippen LogP contribution in [0.3, 0.4) is 0 Å². The minimum absolute atomic E-state index is 1.10. The molecule has 0 spiro atoms. The monoisotopic (exact) mass is 564 g/mol. The van der Waals surface area contributed by atoms with Gasteiger partial charge in [-0.1, -0.05) is 121 Å². The molecule has 7 rings (SSSR count). The normalized spacial score (nSPS) is 10.7. The van der Waals surface area contributed by atoms with Crippen molar-refractivity contribution in [2.45, 2.75) is 0 Å². The Morgan fingerprint density at radius 1 is 0.227 bits per heavy atom. The van der Waals surface area contributed by atoms with Gasteiger partial charge in [-0.15, -0.1) is 0 Å². The molecular weight excluding hydrogens is 532 g/mol. The minimum atomic E-state index is 1.10. The van der Waals surface area contributed by atoms with E-state index >= 15 is 0 Å². The van der Waals surface area contributed by atoms with E-state index in [0.717, 1.165) is 39.7 Å². The molecule has 0 heterocycles. The second kappa shape index (κ2) is 12.6. The summed E-state index contributed by atoms with van der Waals surface area (Å²) in [5, 5.41) is 0. The first-order valence-electron chi connectivity index (χ1n) is 15.0. The molecule has 2 heteroatoms. The van der Waals surface area contributed by atoms with E-state index in [4.69, 9.17) is 0 Å². The predicted molar refractivity (Wildman–Crippen MR) is 187 cm³/mol. The zero-order valence-corrected chi connectivity index (χ0v) is 24.4. The Morgan fingerprint density at radius 3 is 1.05 bits per heavy atom. The molecule has 0 N–H and O–H groups in total. The van der Waals surface area contributed by atoms with Gasteiger partial charge in [0.2, 0.25) is 0 Å². The quantitative estimate of drug-likeness (QED) is 0.181. The number of para-hydroxylation sites is 4. The maximum Gasteiger partial charge on any atom is 0.0468 e. The van der Waals surface area contributed by atoms with Crippen LogP contribution in [0.5, 0.6) is 0 Å². The van der Waals surface area contributed by atoms with E-state index in [1.54, 1.807) is 0 Å². The van der Waals surface area contributed by atoms with Crippen molar-refractivity contribution in [3.05, 3.63) is 194 Å². The fraction of sp³-hybridized carbons (Fsp3) is 0. The predicted octanol–water partition coefficient (Wildman–Crippen LogP) is 12.0. The fourth-order valence-corrected chi connectivity index (χ4v) is 5.79. The smallest absolute Gasteiger partial charge is 0.0468 e. The summed E-state index contributed by atoms with van der Waals surface area (Å²) in [6.07, 6.45) is 0. The number of hydrogen-bond acceptors (Lipinski definition) is 2. The van der Waals surface area contributed by atoms with Gasteiger partial charge in [0, 0.05) is 34.1 Å². The molecule has 210 valence electrons. The van der Waals surface area contributed by atoms with E-state index in [0.29, 0.717) is 0 Å². The third-order valence-corrected chi connectivity index (χ3v) is 7.82. The average molecular weight is 565 g/mol. The molecular formula is C42H32N2. The number of hydrogen-bond donors (Lipinski definition) is 0. The summed E-state index contributed by atoms with van der Waals surface area (Å²) in [7, 11) is 0. The molecule has 0 amide bonds. The fourth-order valence-electron chi connectivity index (χ4n) is 5.79. The van der Waals surface area contributed by atoms with Crippen molar-refractivity contribution in [3.63, 3.8) is 0 Å². The maximum absolute atomic E-state index is 2.33. The van der Waals surface area contributed by atoms with Gasteiger partial charge in [0.05, 0.1) is 0 Å². The molecule has 0 aliphatic heterocycles. The van der Waals surface area contributed by atoms with Crippen LogP contribution in [-0.2, 0) is 0 Å². The summed E-state index contributed by atoms with van der Waals surface area (Å²) in [5.74, 6) is 0. The van der Waals surface area contributed by atoms with Gasteiger partial charge in [-0.05, 0) is 95.1 Å². The molecule has 2 nitrogen and oxygen atoms in total. The van der Waals surface area contributed by atoms with Gasteiger partial charge in [-0.3, -0.25) is 0 Å². The summed E-state index contributed by atoms with van der Waals surface area (Å²) in [6, 6.07) is 68.6. The van der Waals surface area contributed by atoms with Crippen molar-refractivity contribution in [2.24, 2.45) is 0 Å². The van der Waals surface area contributed by atoms with Crippen LogP contribution in [0, 0.1) is 0 Å². The third kappa shape index (κ3) is 5.62. The number of rotatable bonds is 8. The van der Waals surface area contributed by atoms with Gasteiger partial charge in [-0.25, -0.2) is 0 Å². The highest BCUT2D eigenvalue weighted by atomic mass is 15.1. The van der Waals surface area contributed by atoms with Crippen molar-refractivity contribution in [1.29, 1.82) is 0 Å². The Kier molecular flexibility index (Phi) is 7.71. The standard InChI is InChI=1S/C42H32N2/c1-6-17-33(18-7-1)41-30-29-40(44(37-24-12-4-13-25-37)38-26-14-5-15-27-38)32-42(41)34-19-16-28-39(31-34)43(35-20-8-2-9-21-35)36-22-10-3-11-23-36/h1-32H. The number of benzene rings is 7. The van der Waals surface area contributed by atoms with Crippen LogP contribution in [0.15, 0.2) is 194 Å². The Bertz CT molecular complexity index is 1860. The summed E-state index contributed by atoms with van der Waals surface area (Å²) >= 11 is 0. The van der Waals surface area contributed by atoms with Gasteiger partial charge >= 0.3 is 0 Å². The summed E-state index contributed by atoms with van der Waals surface area (Å²) in [5.41, 5.74) is 11.4. The molecule has 0 aliphatic carbocycles. The molecule has 0 radical (unpaired) electrons. The van der Waals surface area contributed by atoms with Crippen molar-refractivity contribution in [2.75, 3.05) is 9.80 Å². The Balaban J connectivity index is 1.42. The van der Waals surface area contributed by atoms with Crippen LogP contribution in [0.1, 0.15) is 0 Å². The highest BCUT2D eigenvalue weighted by Gasteiger charge is 2.18. The van der Waals surface area contributed by atoms with Gasteiger partial charge in [-0.2, -0.15) is 0 Å². The van der Waals surface area contributed by atoms with E-state index in [1.165, 1.54) is 16.7 Å². The van der Waals surface area contributed by atoms with Crippen molar-refractivity contribution in [3.8, 4) is 22.3 Å². The average Bonchev–Trinajstić information content (AvgIpc) is 3.11. The van der Waals surface area contributed by atoms with Gasteiger partial charge in [0.15, 0.2) is 0 Å². The van der Waals surface area contributed by atoms with E-state index in [2.05, 4.69) is 204 Å². The highest BCUT2D eigenvalue weighted by Crippen LogP contribution is 2.42. The molecule has 0 bridgehead atoms. The molecule has 0 aliphatic rings. The van der Waals surface area contributed by atoms with Crippen LogP contribution < -0.4 is 9.80 Å². The largest absolute Gasteiger partial charge is 0.310 e. The van der Waals surface area contributed by atoms with Gasteiger partial charge < -0.3 is 9.80 Å². The van der Waals surface area contributed by atoms with E-state index < -0.39 is 0 Å². The molecule has 7 aromatic rings. The number of nitrogens with zero attached hydrogens (tertiary/aromatic N) is 2. The summed E-state index contributed by atoms with van der Waals surface area (Å²) in [4.78, 5) is 4.64. The van der Waals surface area contributed by atoms with Crippen LogP contribution in [-0.4, -0.2) is 0 Å². The SMILES string of the molecule is c1ccc(-c2ccc(N(c3ccccc3)c3ccccc3)cc2-c2cccc(N(c3ccccc3)c3ccccc3)c2)cc1. The van der Waals surface area contributed by atoms with E-state index in [1.807, 2.05) is 0 Å². The molecule has 0 fully saturated rings. The Hall–Kier alpha value is -5.86. The van der Waals surface area contributed by atoms with Crippen LogP contribution >= 0.6 is 0 Å². The Morgan fingerprint density at radius 2 is 0.591 bits per heavy atom. The topological polar surface area (TPSA) is 6.48 Å². The molecule has 0 aromatic heterocycles. The molecule has 0 saturated carbocycles. The Labute approximate surface area is 259 Å². The van der Waals surface area contributed by atoms with Crippen molar-refractivity contribution < 1.29 is 0 Å². The van der Waals surface area contributed by atoms with Crippen LogP contribution in [0.25, 0.3) is 22.3 Å². The van der Waals surface area contributed by atoms with Crippen LogP contribution in [0.2, 0.25) is 0 Å². The molecule has 0 unspecified atom stereocenters. The highest BCUT2D eigenvalue weighted by molar-refractivity contribution is 5.90. The summed E-state index contributed by atoms with van der Waals surface area (Å²) < 4.78 is 0. The van der Waals surface area contributed by atoms with Crippen LogP contribution in [0.4, 0.5) is 34.1 Å². The lowest BCUT2D eigenvalue weighted by Crippen LogP contribution is -2.10. The zero-order chi connectivity index (χ0) is 29.6. The lowest BCUT2D eigenvalue weighted by atomic mass is 9.93. The molecule has 0 saturated heterocycles.